The number of benzene rings is 4. The van der Waals surface area contributed by atoms with Crippen LogP contribution in [0, 0.1) is 5.41 Å². The first-order chi connectivity index (χ1) is 17.6. The maximum Gasteiger partial charge on any atom is 0.238 e. The van der Waals surface area contributed by atoms with E-state index in [4.69, 9.17) is 17.0 Å². The number of anilines is 1. The molecule has 6 nitrogen and oxygen atoms in total. The maximum absolute atomic E-state index is 12.1. The lowest BCUT2D eigenvalue weighted by Gasteiger charge is -2.12. The highest BCUT2D eigenvalue weighted by Crippen LogP contribution is 2.29. The molecule has 1 heterocycles. The summed E-state index contributed by atoms with van der Waals surface area (Å²) in [4.78, 5) is 12.1. The molecule has 1 amide bonds. The predicted octanol–water partition coefficient (Wildman–Crippen LogP) is 5.44. The maximum atomic E-state index is 12.1. The van der Waals surface area contributed by atoms with Gasteiger partial charge in [-0.15, -0.1) is 0 Å². The number of para-hydroxylation sites is 3. The molecule has 0 aliphatic carbocycles. The highest BCUT2D eigenvalue weighted by Gasteiger charge is 2.14. The van der Waals surface area contributed by atoms with Gasteiger partial charge in [-0.05, 0) is 54.6 Å². The van der Waals surface area contributed by atoms with E-state index in [1.165, 1.54) is 0 Å². The quantitative estimate of drug-likeness (QED) is 0.281. The van der Waals surface area contributed by atoms with Crippen LogP contribution in [-0.4, -0.2) is 28.6 Å². The predicted molar refractivity (Wildman–Crippen MR) is 146 cm³/mol. The summed E-state index contributed by atoms with van der Waals surface area (Å²) in [7, 11) is 1.74. The van der Waals surface area contributed by atoms with Crippen LogP contribution in [0.5, 0.6) is 0 Å². The highest BCUT2D eigenvalue weighted by molar-refractivity contribution is 6.31. The Morgan fingerprint density at radius 2 is 1.53 bits per heavy atom. The zero-order valence-corrected chi connectivity index (χ0v) is 20.6. The monoisotopic (exact) mass is 495 g/mol. The van der Waals surface area contributed by atoms with Crippen molar-refractivity contribution in [1.82, 2.24) is 14.5 Å². The Kier molecular flexibility index (Phi) is 6.71. The lowest BCUT2D eigenvalue weighted by atomic mass is 10.0. The van der Waals surface area contributed by atoms with Crippen LogP contribution < -0.4 is 16.3 Å². The number of nitrogens with zero attached hydrogens (tertiary/aromatic N) is 2. The molecule has 5 rings (SSSR count). The number of halogens is 1. The molecule has 36 heavy (non-hydrogen) atoms. The number of nitrogens with one attached hydrogen (secondary N) is 3. The van der Waals surface area contributed by atoms with Gasteiger partial charge in [0.25, 0.3) is 0 Å². The van der Waals surface area contributed by atoms with E-state index in [-0.39, 0.29) is 12.5 Å². The summed E-state index contributed by atoms with van der Waals surface area (Å²) in [5.74, 6) is -0.0951. The number of carbonyl (C=O) groups is 1. The van der Waals surface area contributed by atoms with E-state index in [1.54, 1.807) is 7.05 Å². The molecule has 7 heteroatoms. The second kappa shape index (κ2) is 10.2. The smallest absolute Gasteiger partial charge is 0.238 e. The Balaban J connectivity index is 1.54. The lowest BCUT2D eigenvalue weighted by Crippen LogP contribution is -2.25. The first kappa shape index (κ1) is 23.6. The Hall–Kier alpha value is -4.13. The number of aromatic nitrogens is 2. The van der Waals surface area contributed by atoms with E-state index < -0.39 is 0 Å². The molecule has 0 atom stereocenters. The molecule has 0 unspecified atom stereocenters. The molecule has 0 bridgehead atoms. The van der Waals surface area contributed by atoms with Crippen molar-refractivity contribution >= 4 is 34.2 Å². The van der Waals surface area contributed by atoms with Gasteiger partial charge in [0.1, 0.15) is 0 Å². The molecule has 0 saturated carbocycles. The molecule has 0 aliphatic heterocycles. The third-order valence-corrected chi connectivity index (χ3v) is 6.51. The minimum atomic E-state index is -0.0951. The summed E-state index contributed by atoms with van der Waals surface area (Å²) in [6, 6.07) is 31.5. The van der Waals surface area contributed by atoms with Crippen LogP contribution >= 0.6 is 11.6 Å². The highest BCUT2D eigenvalue weighted by atomic mass is 35.5. The van der Waals surface area contributed by atoms with E-state index in [0.717, 1.165) is 39.1 Å². The van der Waals surface area contributed by atoms with Crippen molar-refractivity contribution in [2.24, 2.45) is 0 Å². The molecule has 4 aromatic carbocycles. The fourth-order valence-electron chi connectivity index (χ4n) is 4.44. The number of likely N-dealkylation sites (N-methyl/N-ethyl adjacent to an activating group) is 1. The van der Waals surface area contributed by atoms with Gasteiger partial charge in [-0.25, -0.2) is 0 Å². The van der Waals surface area contributed by atoms with E-state index >= 15 is 0 Å². The summed E-state index contributed by atoms with van der Waals surface area (Å²) in [6.07, 6.45) is 0. The first-order valence-corrected chi connectivity index (χ1v) is 12.1. The Labute approximate surface area is 214 Å². The van der Waals surface area contributed by atoms with Gasteiger partial charge in [0.15, 0.2) is 0 Å². The SMILES string of the molecule is CNCC(=O)Nc1ccccc1-c1ccc(-n2c(=N)n(Cc3ccccc3Cl)c3ccccc32)cc1. The van der Waals surface area contributed by atoms with Gasteiger partial charge in [0.05, 0.1) is 24.1 Å². The molecule has 3 N–H and O–H groups in total. The molecule has 0 saturated heterocycles. The summed E-state index contributed by atoms with van der Waals surface area (Å²) >= 11 is 6.43. The van der Waals surface area contributed by atoms with Crippen molar-refractivity contribution in [2.45, 2.75) is 6.54 Å². The molecule has 0 spiro atoms. The van der Waals surface area contributed by atoms with Gasteiger partial charge in [0.2, 0.25) is 11.5 Å². The molecular weight excluding hydrogens is 470 g/mol. The van der Waals surface area contributed by atoms with E-state index in [1.807, 2.05) is 106 Å². The first-order valence-electron chi connectivity index (χ1n) is 11.7. The molecule has 1 aromatic heterocycles. The van der Waals surface area contributed by atoms with Crippen molar-refractivity contribution in [3.8, 4) is 16.8 Å². The minimum Gasteiger partial charge on any atom is -0.324 e. The van der Waals surface area contributed by atoms with Crippen molar-refractivity contribution in [2.75, 3.05) is 18.9 Å². The molecule has 0 aliphatic rings. The van der Waals surface area contributed by atoms with E-state index in [0.29, 0.717) is 17.2 Å². The number of imidazole rings is 1. The summed E-state index contributed by atoms with van der Waals surface area (Å²) in [5, 5.41) is 15.6. The zero-order chi connectivity index (χ0) is 25.1. The molecule has 5 aromatic rings. The van der Waals surface area contributed by atoms with E-state index in [2.05, 4.69) is 10.6 Å². The zero-order valence-electron chi connectivity index (χ0n) is 19.8. The van der Waals surface area contributed by atoms with Gasteiger partial charge >= 0.3 is 0 Å². The fraction of sp³-hybridized carbons (Fsp3) is 0.103. The van der Waals surface area contributed by atoms with E-state index in [9.17, 15) is 4.79 Å². The van der Waals surface area contributed by atoms with Gasteiger partial charge in [0, 0.05) is 22.0 Å². The van der Waals surface area contributed by atoms with Crippen LogP contribution in [0.1, 0.15) is 5.56 Å². The summed E-state index contributed by atoms with van der Waals surface area (Å²) < 4.78 is 3.91. The second-order valence-electron chi connectivity index (χ2n) is 8.50. The largest absolute Gasteiger partial charge is 0.324 e. The molecule has 0 fully saturated rings. The number of fused-ring (bicyclic) bond motifs is 1. The molecular formula is C29H26ClN5O. The number of hydrogen-bond acceptors (Lipinski definition) is 3. The average molecular weight is 496 g/mol. The number of hydrogen-bond donors (Lipinski definition) is 3. The van der Waals surface area contributed by atoms with Crippen LogP contribution in [0.4, 0.5) is 5.69 Å². The number of amides is 1. The fourth-order valence-corrected chi connectivity index (χ4v) is 4.63. The van der Waals surface area contributed by atoms with Crippen LogP contribution in [-0.2, 0) is 11.3 Å². The van der Waals surface area contributed by atoms with Gasteiger partial charge in [-0.2, -0.15) is 0 Å². The Morgan fingerprint density at radius 1 is 0.861 bits per heavy atom. The number of carbonyl (C=O) groups excluding carboxylic acids is 1. The Bertz CT molecular complexity index is 1600. The molecule has 0 radical (unpaired) electrons. The Morgan fingerprint density at radius 3 is 2.28 bits per heavy atom. The van der Waals surface area contributed by atoms with Crippen LogP contribution in [0.15, 0.2) is 97.1 Å². The topological polar surface area (TPSA) is 74.8 Å². The average Bonchev–Trinajstić information content (AvgIpc) is 3.17. The van der Waals surface area contributed by atoms with Gasteiger partial charge < -0.3 is 15.2 Å². The van der Waals surface area contributed by atoms with Crippen molar-refractivity contribution in [1.29, 1.82) is 5.41 Å². The molecule has 180 valence electrons. The van der Waals surface area contributed by atoms with Crippen molar-refractivity contribution in [3.63, 3.8) is 0 Å². The van der Waals surface area contributed by atoms with Crippen LogP contribution in [0.25, 0.3) is 27.8 Å². The van der Waals surface area contributed by atoms with Crippen LogP contribution in [0.3, 0.4) is 0 Å². The summed E-state index contributed by atoms with van der Waals surface area (Å²) in [5.41, 5.74) is 6.80. The minimum absolute atomic E-state index is 0.0951. The second-order valence-corrected chi connectivity index (χ2v) is 8.90. The van der Waals surface area contributed by atoms with Gasteiger partial charge in [-0.1, -0.05) is 72.3 Å². The van der Waals surface area contributed by atoms with Crippen molar-refractivity contribution < 1.29 is 4.79 Å². The summed E-state index contributed by atoms with van der Waals surface area (Å²) in [6.45, 7) is 0.748. The third-order valence-electron chi connectivity index (χ3n) is 6.14. The van der Waals surface area contributed by atoms with Gasteiger partial charge in [-0.3, -0.25) is 14.8 Å². The lowest BCUT2D eigenvalue weighted by molar-refractivity contribution is -0.115. The normalized spacial score (nSPS) is 11.1. The number of rotatable bonds is 7. The van der Waals surface area contributed by atoms with Crippen LogP contribution in [0.2, 0.25) is 5.02 Å². The van der Waals surface area contributed by atoms with Crippen molar-refractivity contribution in [3.05, 3.63) is 113 Å². The standard InChI is InChI=1S/C29H26ClN5O/c1-32-18-28(36)33-25-11-5-3-9-23(25)20-14-16-22(17-15-20)35-27-13-7-6-12-26(27)34(29(35)31)19-21-8-2-4-10-24(21)30/h2-17,31-32H,18-19H2,1H3,(H,33,36). The third kappa shape index (κ3) is 4.56.